The Hall–Kier alpha value is -1.32. The largest absolute Gasteiger partial charge is 0.383 e. The van der Waals surface area contributed by atoms with E-state index in [1.54, 1.807) is 7.11 Å². The number of alkyl halides is 4. The molecule has 0 atom stereocenters. The highest BCUT2D eigenvalue weighted by Crippen LogP contribution is 2.23. The molecule has 0 aliphatic carbocycles. The Labute approximate surface area is 119 Å². The van der Waals surface area contributed by atoms with Crippen LogP contribution in [0.25, 0.3) is 0 Å². The highest BCUT2D eigenvalue weighted by atomic mass is 19.3. The van der Waals surface area contributed by atoms with Gasteiger partial charge in [-0.05, 0) is 0 Å². The van der Waals surface area contributed by atoms with Crippen molar-refractivity contribution in [3.05, 3.63) is 23.8 Å². The van der Waals surface area contributed by atoms with Gasteiger partial charge in [-0.1, -0.05) is 0 Å². The van der Waals surface area contributed by atoms with Crippen molar-refractivity contribution in [3.8, 4) is 0 Å². The third-order valence-electron chi connectivity index (χ3n) is 2.42. The van der Waals surface area contributed by atoms with Crippen LogP contribution in [0, 0.1) is 0 Å². The molecule has 1 aromatic rings. The number of ether oxygens (including phenoxy) is 2. The summed E-state index contributed by atoms with van der Waals surface area (Å²) in [7, 11) is 1.59. The number of rotatable bonds is 10. The van der Waals surface area contributed by atoms with Crippen LogP contribution in [0.5, 0.6) is 0 Å². The van der Waals surface area contributed by atoms with Crippen LogP contribution in [0.2, 0.25) is 0 Å². The van der Waals surface area contributed by atoms with Gasteiger partial charge in [0.25, 0.3) is 0 Å². The minimum Gasteiger partial charge on any atom is -0.383 e. The number of halogens is 4. The first-order valence-corrected chi connectivity index (χ1v) is 6.19. The summed E-state index contributed by atoms with van der Waals surface area (Å²) in [4.78, 5) is 7.80. The lowest BCUT2D eigenvalue weighted by atomic mass is 10.3. The lowest BCUT2D eigenvalue weighted by Gasteiger charge is -2.14. The maximum atomic E-state index is 12.6. The molecule has 21 heavy (non-hydrogen) atoms. The SMILES string of the molecule is COCCNCc1cnc(COCC(F)(F)C(F)F)nc1. The molecule has 0 saturated carbocycles. The minimum absolute atomic E-state index is 0.153. The van der Waals surface area contributed by atoms with Gasteiger partial charge in [0, 0.05) is 38.2 Å². The van der Waals surface area contributed by atoms with Crippen LogP contribution in [0.3, 0.4) is 0 Å². The van der Waals surface area contributed by atoms with Gasteiger partial charge in [0.1, 0.15) is 13.2 Å². The van der Waals surface area contributed by atoms with Crippen molar-refractivity contribution in [3.63, 3.8) is 0 Å². The van der Waals surface area contributed by atoms with Crippen LogP contribution in [-0.4, -0.2) is 49.2 Å². The molecule has 0 bridgehead atoms. The summed E-state index contributed by atoms with van der Waals surface area (Å²) in [5, 5.41) is 3.08. The van der Waals surface area contributed by atoms with Crippen molar-refractivity contribution >= 4 is 0 Å². The van der Waals surface area contributed by atoms with Crippen molar-refractivity contribution in [2.24, 2.45) is 0 Å². The minimum atomic E-state index is -4.16. The summed E-state index contributed by atoms with van der Waals surface area (Å²) in [5.74, 6) is -4.01. The summed E-state index contributed by atoms with van der Waals surface area (Å²) in [6.45, 7) is 0.0667. The molecule has 1 N–H and O–H groups in total. The fraction of sp³-hybridized carbons (Fsp3) is 0.667. The molecular formula is C12H17F4N3O2. The fourth-order valence-electron chi connectivity index (χ4n) is 1.30. The zero-order valence-corrected chi connectivity index (χ0v) is 11.5. The molecule has 0 radical (unpaired) electrons. The first-order valence-electron chi connectivity index (χ1n) is 6.19. The monoisotopic (exact) mass is 311 g/mol. The Morgan fingerprint density at radius 3 is 2.52 bits per heavy atom. The van der Waals surface area contributed by atoms with E-state index in [2.05, 4.69) is 20.0 Å². The van der Waals surface area contributed by atoms with E-state index in [4.69, 9.17) is 4.74 Å². The second-order valence-electron chi connectivity index (χ2n) is 4.23. The van der Waals surface area contributed by atoms with Gasteiger partial charge in [-0.25, -0.2) is 18.7 Å². The molecule has 0 spiro atoms. The maximum absolute atomic E-state index is 12.6. The summed E-state index contributed by atoms with van der Waals surface area (Å²) in [6.07, 6.45) is -0.730. The summed E-state index contributed by atoms with van der Waals surface area (Å²) >= 11 is 0. The highest BCUT2D eigenvalue weighted by Gasteiger charge is 2.40. The van der Waals surface area contributed by atoms with Crippen LogP contribution in [-0.2, 0) is 22.6 Å². The van der Waals surface area contributed by atoms with E-state index in [9.17, 15) is 17.6 Å². The van der Waals surface area contributed by atoms with E-state index in [1.807, 2.05) is 0 Å². The first kappa shape index (κ1) is 17.7. The van der Waals surface area contributed by atoms with Crippen LogP contribution in [0.1, 0.15) is 11.4 Å². The number of methoxy groups -OCH3 is 1. The molecule has 120 valence electrons. The topological polar surface area (TPSA) is 56.3 Å². The summed E-state index contributed by atoms with van der Waals surface area (Å²) < 4.78 is 58.3. The molecule has 1 rings (SSSR count). The third-order valence-corrected chi connectivity index (χ3v) is 2.42. The Balaban J connectivity index is 2.31. The van der Waals surface area contributed by atoms with Crippen molar-refractivity contribution in [2.45, 2.75) is 25.5 Å². The fourth-order valence-corrected chi connectivity index (χ4v) is 1.30. The van der Waals surface area contributed by atoms with E-state index >= 15 is 0 Å². The molecule has 9 heteroatoms. The van der Waals surface area contributed by atoms with Gasteiger partial charge in [0.2, 0.25) is 0 Å². The lowest BCUT2D eigenvalue weighted by Crippen LogP contribution is -2.32. The van der Waals surface area contributed by atoms with E-state index in [0.29, 0.717) is 19.7 Å². The van der Waals surface area contributed by atoms with Crippen molar-refractivity contribution in [1.82, 2.24) is 15.3 Å². The second kappa shape index (κ2) is 8.85. The average Bonchev–Trinajstić information content (AvgIpc) is 2.45. The Bertz CT molecular complexity index is 404. The number of hydrogen-bond acceptors (Lipinski definition) is 5. The summed E-state index contributed by atoms with van der Waals surface area (Å²) in [6, 6.07) is 0. The lowest BCUT2D eigenvalue weighted by molar-refractivity contribution is -0.168. The molecule has 0 unspecified atom stereocenters. The molecule has 0 aromatic carbocycles. The smallest absolute Gasteiger partial charge is 0.330 e. The normalized spacial score (nSPS) is 12.1. The van der Waals surface area contributed by atoms with Gasteiger partial charge in [-0.3, -0.25) is 0 Å². The second-order valence-corrected chi connectivity index (χ2v) is 4.23. The zero-order valence-electron chi connectivity index (χ0n) is 11.5. The highest BCUT2D eigenvalue weighted by molar-refractivity contribution is 5.04. The molecule has 5 nitrogen and oxygen atoms in total. The summed E-state index contributed by atoms with van der Waals surface area (Å²) in [5.41, 5.74) is 0.799. The molecule has 1 aromatic heterocycles. The Morgan fingerprint density at radius 1 is 1.29 bits per heavy atom. The molecule has 1 heterocycles. The predicted molar refractivity (Wildman–Crippen MR) is 66.2 cm³/mol. The molecule has 0 fully saturated rings. The van der Waals surface area contributed by atoms with Crippen molar-refractivity contribution in [2.75, 3.05) is 26.9 Å². The number of nitrogens with zero attached hydrogens (tertiary/aromatic N) is 2. The molecule has 0 aliphatic heterocycles. The maximum Gasteiger partial charge on any atom is 0.330 e. The quantitative estimate of drug-likeness (QED) is 0.526. The van der Waals surface area contributed by atoms with Crippen molar-refractivity contribution in [1.29, 1.82) is 0 Å². The van der Waals surface area contributed by atoms with Gasteiger partial charge in [-0.15, -0.1) is 0 Å². The average molecular weight is 311 g/mol. The Kier molecular flexibility index (Phi) is 7.48. The van der Waals surface area contributed by atoms with E-state index in [0.717, 1.165) is 5.56 Å². The van der Waals surface area contributed by atoms with Crippen LogP contribution in [0.4, 0.5) is 17.6 Å². The van der Waals surface area contributed by atoms with Crippen LogP contribution < -0.4 is 5.32 Å². The third kappa shape index (κ3) is 6.78. The number of aromatic nitrogens is 2. The zero-order chi connectivity index (χ0) is 15.7. The van der Waals surface area contributed by atoms with E-state index in [1.165, 1.54) is 12.4 Å². The molecule has 0 amide bonds. The Morgan fingerprint density at radius 2 is 1.95 bits per heavy atom. The molecular weight excluding hydrogens is 294 g/mol. The van der Waals surface area contributed by atoms with Gasteiger partial charge in [-0.2, -0.15) is 8.78 Å². The van der Waals surface area contributed by atoms with Crippen molar-refractivity contribution < 1.29 is 27.0 Å². The van der Waals surface area contributed by atoms with Crippen LogP contribution >= 0.6 is 0 Å². The molecule has 0 saturated heterocycles. The number of nitrogens with one attached hydrogen (secondary N) is 1. The first-order chi connectivity index (χ1) is 9.95. The standard InChI is InChI=1S/C12H17F4N3O2/c1-20-3-2-17-4-9-5-18-10(19-6-9)7-21-8-12(15,16)11(13)14/h5-6,11,17H,2-4,7-8H2,1H3. The van der Waals surface area contributed by atoms with Gasteiger partial charge in [0.15, 0.2) is 5.82 Å². The van der Waals surface area contributed by atoms with Gasteiger partial charge in [0.05, 0.1) is 6.61 Å². The van der Waals surface area contributed by atoms with Crippen LogP contribution in [0.15, 0.2) is 12.4 Å². The van der Waals surface area contributed by atoms with Gasteiger partial charge >= 0.3 is 12.3 Å². The van der Waals surface area contributed by atoms with E-state index in [-0.39, 0.29) is 12.4 Å². The predicted octanol–water partition coefficient (Wildman–Crippen LogP) is 1.63. The van der Waals surface area contributed by atoms with Gasteiger partial charge < -0.3 is 14.8 Å². The van der Waals surface area contributed by atoms with E-state index < -0.39 is 19.0 Å². The number of hydrogen-bond donors (Lipinski definition) is 1. The molecule has 0 aliphatic rings.